The predicted molar refractivity (Wildman–Crippen MR) is 136 cm³/mol. The van der Waals surface area contributed by atoms with Crippen LogP contribution < -0.4 is 0 Å². The van der Waals surface area contributed by atoms with Crippen molar-refractivity contribution in [2.45, 2.75) is 78.1 Å². The van der Waals surface area contributed by atoms with Crippen molar-refractivity contribution in [1.29, 1.82) is 0 Å². The monoisotopic (exact) mass is 488 g/mol. The van der Waals surface area contributed by atoms with E-state index < -0.39 is 0 Å². The van der Waals surface area contributed by atoms with Gasteiger partial charge in [0.1, 0.15) is 0 Å². The molecule has 0 aliphatic carbocycles. The van der Waals surface area contributed by atoms with E-state index in [1.54, 1.807) is 0 Å². The van der Waals surface area contributed by atoms with Crippen molar-refractivity contribution in [3.8, 4) is 20.9 Å². The van der Waals surface area contributed by atoms with Gasteiger partial charge < -0.3 is 0 Å². The topological polar surface area (TPSA) is 0 Å². The molecule has 0 radical (unpaired) electrons. The quantitative estimate of drug-likeness (QED) is 0.222. The van der Waals surface area contributed by atoms with Crippen LogP contribution in [0.3, 0.4) is 0 Å². The van der Waals surface area contributed by atoms with Gasteiger partial charge >= 0.3 is 0 Å². The smallest absolute Gasteiger partial charge is 0.0352 e. The van der Waals surface area contributed by atoms with Crippen LogP contribution in [0.5, 0.6) is 0 Å². The Morgan fingerprint density at radius 3 is 1.72 bits per heavy atom. The number of aryl methyl sites for hydroxylation is 2. The number of rotatable bonds is 12. The summed E-state index contributed by atoms with van der Waals surface area (Å²) in [6, 6.07) is 16.1. The minimum atomic E-state index is 1.16. The second-order valence-electron chi connectivity index (χ2n) is 7.84. The van der Waals surface area contributed by atoms with Crippen LogP contribution in [0.4, 0.5) is 0 Å². The van der Waals surface area contributed by atoms with Crippen molar-refractivity contribution < 1.29 is 0 Å². The van der Waals surface area contributed by atoms with Crippen molar-refractivity contribution in [2.24, 2.45) is 0 Å². The van der Waals surface area contributed by atoms with Gasteiger partial charge in [-0.15, -0.1) is 22.7 Å². The highest BCUT2D eigenvalue weighted by Gasteiger charge is 2.13. The highest BCUT2D eigenvalue weighted by Crippen LogP contribution is 2.40. The van der Waals surface area contributed by atoms with E-state index in [0.717, 1.165) is 4.47 Å². The molecule has 0 spiro atoms. The molecule has 0 atom stereocenters. The maximum absolute atomic E-state index is 3.69. The van der Waals surface area contributed by atoms with Gasteiger partial charge in [0, 0.05) is 35.1 Å². The lowest BCUT2D eigenvalue weighted by molar-refractivity contribution is 0.670. The Labute approximate surface area is 193 Å². The van der Waals surface area contributed by atoms with Crippen LogP contribution in [0.15, 0.2) is 46.9 Å². The molecule has 3 rings (SSSR count). The number of hydrogen-bond acceptors (Lipinski definition) is 2. The fourth-order valence-electron chi connectivity index (χ4n) is 3.70. The van der Waals surface area contributed by atoms with Gasteiger partial charge in [0.2, 0.25) is 0 Å². The fourth-order valence-corrected chi connectivity index (χ4v) is 6.23. The predicted octanol–water partition coefficient (Wildman–Crippen LogP) is 10.2. The Hall–Kier alpha value is -0.900. The van der Waals surface area contributed by atoms with Gasteiger partial charge in [0.15, 0.2) is 0 Å². The molecule has 2 aromatic heterocycles. The number of benzene rings is 1. The maximum Gasteiger partial charge on any atom is 0.0352 e. The maximum atomic E-state index is 3.69. The molecule has 0 nitrogen and oxygen atoms in total. The van der Waals surface area contributed by atoms with E-state index in [1.165, 1.54) is 94.8 Å². The molecule has 0 unspecified atom stereocenters. The molecule has 0 N–H and O–H groups in total. The average Bonchev–Trinajstić information content (AvgIpc) is 3.38. The zero-order valence-electron chi connectivity index (χ0n) is 17.8. The zero-order valence-corrected chi connectivity index (χ0v) is 21.0. The van der Waals surface area contributed by atoms with Crippen LogP contribution in [-0.2, 0) is 12.8 Å². The molecule has 0 aliphatic rings. The molecule has 0 fully saturated rings. The Balaban J connectivity index is 1.75. The summed E-state index contributed by atoms with van der Waals surface area (Å²) < 4.78 is 1.16. The van der Waals surface area contributed by atoms with Crippen molar-refractivity contribution >= 4 is 38.6 Å². The summed E-state index contributed by atoms with van der Waals surface area (Å²) in [6.07, 6.45) is 13.1. The summed E-state index contributed by atoms with van der Waals surface area (Å²) in [5, 5.41) is 0. The van der Waals surface area contributed by atoms with Gasteiger partial charge in [-0.25, -0.2) is 0 Å². The lowest BCUT2D eigenvalue weighted by Gasteiger charge is -2.07. The van der Waals surface area contributed by atoms with Gasteiger partial charge in [-0.2, -0.15) is 0 Å². The number of unbranched alkanes of at least 4 members (excludes halogenated alkanes) is 6. The van der Waals surface area contributed by atoms with Gasteiger partial charge in [0.05, 0.1) is 0 Å². The van der Waals surface area contributed by atoms with E-state index in [-0.39, 0.29) is 0 Å². The fraction of sp³-hybridized carbons (Fsp3) is 0.462. The van der Waals surface area contributed by atoms with E-state index in [2.05, 4.69) is 72.2 Å². The first-order valence-electron chi connectivity index (χ1n) is 11.2. The van der Waals surface area contributed by atoms with Gasteiger partial charge in [-0.3, -0.25) is 0 Å². The summed E-state index contributed by atoms with van der Waals surface area (Å²) in [7, 11) is 0. The first-order valence-corrected chi connectivity index (χ1v) is 13.6. The third kappa shape index (κ3) is 6.80. The third-order valence-electron chi connectivity index (χ3n) is 5.39. The SMILES string of the molecule is CCCCCCc1ccc(-c2ccc(Br)cc2-c2ccc(CCCCCC)s2)s1. The average molecular weight is 490 g/mol. The number of hydrogen-bond donors (Lipinski definition) is 0. The first kappa shape index (κ1) is 22.8. The van der Waals surface area contributed by atoms with Crippen LogP contribution in [0.25, 0.3) is 20.9 Å². The molecule has 0 saturated heterocycles. The molecular weight excluding hydrogens is 456 g/mol. The molecule has 2 heterocycles. The Morgan fingerprint density at radius 1 is 0.621 bits per heavy atom. The standard InChI is InChI=1S/C26H33BrS2/c1-3-5-7-9-11-21-14-17-25(28-21)23-16-13-20(27)19-24(23)26-18-15-22(29-26)12-10-8-6-4-2/h13-19H,3-12H2,1-2H3. The van der Waals surface area contributed by atoms with E-state index in [9.17, 15) is 0 Å². The summed E-state index contributed by atoms with van der Waals surface area (Å²) >= 11 is 7.64. The first-order chi connectivity index (χ1) is 14.2. The van der Waals surface area contributed by atoms with E-state index in [4.69, 9.17) is 0 Å². The summed E-state index contributed by atoms with van der Waals surface area (Å²) in [5.41, 5.74) is 2.74. The van der Waals surface area contributed by atoms with Crippen LogP contribution in [0, 0.1) is 0 Å². The Morgan fingerprint density at radius 2 is 1.17 bits per heavy atom. The Bertz CT molecular complexity index is 874. The van der Waals surface area contributed by atoms with Crippen LogP contribution in [0.2, 0.25) is 0 Å². The molecule has 3 heteroatoms. The third-order valence-corrected chi connectivity index (χ3v) is 8.24. The van der Waals surface area contributed by atoms with Crippen LogP contribution in [-0.4, -0.2) is 0 Å². The summed E-state index contributed by atoms with van der Waals surface area (Å²) in [4.78, 5) is 5.83. The molecule has 1 aromatic carbocycles. The van der Waals surface area contributed by atoms with E-state index in [1.807, 2.05) is 22.7 Å². The second-order valence-corrected chi connectivity index (χ2v) is 11.1. The van der Waals surface area contributed by atoms with Crippen molar-refractivity contribution in [3.63, 3.8) is 0 Å². The largest absolute Gasteiger partial charge is 0.140 e. The highest BCUT2D eigenvalue weighted by molar-refractivity contribution is 9.10. The van der Waals surface area contributed by atoms with Crippen molar-refractivity contribution in [1.82, 2.24) is 0 Å². The molecule has 156 valence electrons. The summed E-state index contributed by atoms with van der Waals surface area (Å²) in [5.74, 6) is 0. The molecule has 0 saturated carbocycles. The highest BCUT2D eigenvalue weighted by atomic mass is 79.9. The van der Waals surface area contributed by atoms with Crippen LogP contribution in [0.1, 0.15) is 75.0 Å². The minimum Gasteiger partial charge on any atom is -0.140 e. The molecular formula is C26H33BrS2. The normalized spacial score (nSPS) is 11.3. The van der Waals surface area contributed by atoms with Crippen molar-refractivity contribution in [3.05, 3.63) is 56.7 Å². The van der Waals surface area contributed by atoms with Gasteiger partial charge in [-0.1, -0.05) is 74.4 Å². The molecule has 0 aliphatic heterocycles. The second kappa shape index (κ2) is 12.1. The van der Waals surface area contributed by atoms with Gasteiger partial charge in [0.25, 0.3) is 0 Å². The lowest BCUT2D eigenvalue weighted by atomic mass is 10.0. The molecule has 0 amide bonds. The van der Waals surface area contributed by atoms with E-state index >= 15 is 0 Å². The lowest BCUT2D eigenvalue weighted by Crippen LogP contribution is -1.82. The molecule has 0 bridgehead atoms. The summed E-state index contributed by atoms with van der Waals surface area (Å²) in [6.45, 7) is 4.55. The Kier molecular flexibility index (Phi) is 9.48. The number of thiophene rings is 2. The molecule has 3 aromatic rings. The minimum absolute atomic E-state index is 1.16. The zero-order chi connectivity index (χ0) is 20.5. The van der Waals surface area contributed by atoms with Crippen LogP contribution >= 0.6 is 38.6 Å². The molecule has 29 heavy (non-hydrogen) atoms. The number of halogens is 1. The van der Waals surface area contributed by atoms with E-state index in [0.29, 0.717) is 0 Å². The van der Waals surface area contributed by atoms with Gasteiger partial charge in [-0.05, 0) is 62.1 Å². The van der Waals surface area contributed by atoms with Crippen molar-refractivity contribution in [2.75, 3.05) is 0 Å².